The van der Waals surface area contributed by atoms with E-state index in [0.717, 1.165) is 4.47 Å². The smallest absolute Gasteiger partial charge is 0.154 e. The summed E-state index contributed by atoms with van der Waals surface area (Å²) in [6, 6.07) is 0. The number of methoxy groups -OCH3 is 1. The van der Waals surface area contributed by atoms with Gasteiger partial charge in [-0.3, -0.25) is 0 Å². The highest BCUT2D eigenvalue weighted by Gasteiger charge is 1.95. The fraction of sp³-hybridized carbons (Fsp3) is 0.429. The molecule has 0 atom stereocenters. The van der Waals surface area contributed by atoms with Gasteiger partial charge in [-0.2, -0.15) is 0 Å². The molecule has 0 N–H and O–H groups in total. The van der Waals surface area contributed by atoms with Gasteiger partial charge < -0.3 is 9.47 Å². The zero-order chi connectivity index (χ0) is 8.81. The lowest BCUT2D eigenvalue weighted by atomic mass is 10.6. The first-order chi connectivity index (χ1) is 5.83. The second-order valence-corrected chi connectivity index (χ2v) is 2.99. The number of aromatic nitrogens is 2. The highest BCUT2D eigenvalue weighted by atomic mass is 79.9. The van der Waals surface area contributed by atoms with E-state index in [9.17, 15) is 0 Å². The molecule has 0 saturated carbocycles. The Balaban J connectivity index is 2.37. The lowest BCUT2D eigenvalue weighted by Crippen LogP contribution is -2.00. The predicted octanol–water partition coefficient (Wildman–Crippen LogP) is 1.36. The van der Waals surface area contributed by atoms with E-state index in [1.165, 1.54) is 0 Å². The van der Waals surface area contributed by atoms with E-state index in [4.69, 9.17) is 9.47 Å². The molecule has 0 aliphatic rings. The Labute approximate surface area is 79.1 Å². The molecule has 0 saturated heterocycles. The SMILES string of the molecule is COCOCc1ncc(Br)cn1. The largest absolute Gasteiger partial charge is 0.359 e. The molecule has 0 bridgehead atoms. The Morgan fingerprint density at radius 1 is 1.42 bits per heavy atom. The average molecular weight is 233 g/mol. The average Bonchev–Trinajstić information content (AvgIpc) is 2.09. The van der Waals surface area contributed by atoms with Crippen molar-refractivity contribution in [3.63, 3.8) is 0 Å². The predicted molar refractivity (Wildman–Crippen MR) is 46.4 cm³/mol. The van der Waals surface area contributed by atoms with E-state index < -0.39 is 0 Å². The summed E-state index contributed by atoms with van der Waals surface area (Å²) in [5, 5.41) is 0. The van der Waals surface area contributed by atoms with Crippen LogP contribution in [-0.2, 0) is 16.1 Å². The fourth-order valence-electron chi connectivity index (χ4n) is 0.630. The van der Waals surface area contributed by atoms with Crippen molar-refractivity contribution >= 4 is 15.9 Å². The van der Waals surface area contributed by atoms with Crippen molar-refractivity contribution in [1.82, 2.24) is 9.97 Å². The van der Waals surface area contributed by atoms with Crippen molar-refractivity contribution in [3.8, 4) is 0 Å². The van der Waals surface area contributed by atoms with Crippen LogP contribution in [0.2, 0.25) is 0 Å². The molecule has 0 unspecified atom stereocenters. The van der Waals surface area contributed by atoms with E-state index in [2.05, 4.69) is 25.9 Å². The van der Waals surface area contributed by atoms with Crippen molar-refractivity contribution in [2.45, 2.75) is 6.61 Å². The minimum absolute atomic E-state index is 0.263. The molecule has 0 spiro atoms. The van der Waals surface area contributed by atoms with Gasteiger partial charge >= 0.3 is 0 Å². The molecule has 0 aromatic carbocycles. The number of rotatable bonds is 4. The molecule has 0 amide bonds. The van der Waals surface area contributed by atoms with Crippen LogP contribution in [0.3, 0.4) is 0 Å². The summed E-state index contributed by atoms with van der Waals surface area (Å²) in [5.41, 5.74) is 0. The zero-order valence-corrected chi connectivity index (χ0v) is 8.24. The van der Waals surface area contributed by atoms with Gasteiger partial charge in [-0.1, -0.05) is 0 Å². The van der Waals surface area contributed by atoms with Crippen molar-refractivity contribution in [2.24, 2.45) is 0 Å². The van der Waals surface area contributed by atoms with Crippen LogP contribution in [0.25, 0.3) is 0 Å². The molecule has 0 aliphatic heterocycles. The van der Waals surface area contributed by atoms with Crippen molar-refractivity contribution in [3.05, 3.63) is 22.7 Å². The standard InChI is InChI=1S/C7H9BrN2O2/c1-11-5-12-4-7-9-2-6(8)3-10-7/h2-3H,4-5H2,1H3. The molecule has 0 fully saturated rings. The quantitative estimate of drug-likeness (QED) is 0.581. The summed E-state index contributed by atoms with van der Waals surface area (Å²) in [5.74, 6) is 0.648. The Kier molecular flexibility index (Phi) is 4.13. The summed E-state index contributed by atoms with van der Waals surface area (Å²) in [6.45, 7) is 0.639. The van der Waals surface area contributed by atoms with Crippen LogP contribution in [0, 0.1) is 0 Å². The lowest BCUT2D eigenvalue weighted by Gasteiger charge is -2.00. The molecular formula is C7H9BrN2O2. The van der Waals surface area contributed by atoms with Gasteiger partial charge in [-0.15, -0.1) is 0 Å². The van der Waals surface area contributed by atoms with Crippen LogP contribution in [-0.4, -0.2) is 23.9 Å². The van der Waals surface area contributed by atoms with Crippen LogP contribution in [0.5, 0.6) is 0 Å². The van der Waals surface area contributed by atoms with E-state index in [-0.39, 0.29) is 6.79 Å². The van der Waals surface area contributed by atoms with E-state index in [0.29, 0.717) is 12.4 Å². The Hall–Kier alpha value is -0.520. The summed E-state index contributed by atoms with van der Waals surface area (Å²) in [6.07, 6.45) is 3.36. The highest BCUT2D eigenvalue weighted by Crippen LogP contribution is 2.04. The molecule has 12 heavy (non-hydrogen) atoms. The normalized spacial score (nSPS) is 10.2. The molecule has 1 heterocycles. The number of ether oxygens (including phenoxy) is 2. The van der Waals surface area contributed by atoms with Gasteiger partial charge in [0, 0.05) is 19.5 Å². The lowest BCUT2D eigenvalue weighted by molar-refractivity contribution is -0.0412. The van der Waals surface area contributed by atoms with Crippen molar-refractivity contribution < 1.29 is 9.47 Å². The van der Waals surface area contributed by atoms with Gasteiger partial charge in [0.05, 0.1) is 4.47 Å². The number of halogens is 1. The Morgan fingerprint density at radius 2 is 2.08 bits per heavy atom. The van der Waals surface area contributed by atoms with Crippen LogP contribution in [0.15, 0.2) is 16.9 Å². The highest BCUT2D eigenvalue weighted by molar-refractivity contribution is 9.10. The molecule has 5 heteroatoms. The number of hydrogen-bond donors (Lipinski definition) is 0. The molecule has 4 nitrogen and oxygen atoms in total. The van der Waals surface area contributed by atoms with E-state index in [1.54, 1.807) is 19.5 Å². The molecule has 1 aromatic rings. The minimum atomic E-state index is 0.263. The first-order valence-corrected chi connectivity index (χ1v) is 4.15. The monoisotopic (exact) mass is 232 g/mol. The molecule has 0 aliphatic carbocycles. The van der Waals surface area contributed by atoms with Crippen LogP contribution in [0.4, 0.5) is 0 Å². The summed E-state index contributed by atoms with van der Waals surface area (Å²) >= 11 is 3.24. The van der Waals surface area contributed by atoms with Crippen molar-refractivity contribution in [1.29, 1.82) is 0 Å². The maximum atomic E-state index is 5.05. The molecule has 1 aromatic heterocycles. The van der Waals surface area contributed by atoms with Gasteiger partial charge in [-0.25, -0.2) is 9.97 Å². The first kappa shape index (κ1) is 9.57. The third-order valence-corrected chi connectivity index (χ3v) is 1.52. The molecule has 66 valence electrons. The second kappa shape index (κ2) is 5.18. The Bertz CT molecular complexity index is 227. The second-order valence-electron chi connectivity index (χ2n) is 2.07. The summed E-state index contributed by atoms with van der Waals surface area (Å²) in [4.78, 5) is 8.02. The van der Waals surface area contributed by atoms with Gasteiger partial charge in [0.1, 0.15) is 13.4 Å². The van der Waals surface area contributed by atoms with Crippen LogP contribution >= 0.6 is 15.9 Å². The summed E-state index contributed by atoms with van der Waals surface area (Å²) < 4.78 is 10.6. The molecule has 1 rings (SSSR count). The maximum absolute atomic E-state index is 5.05. The first-order valence-electron chi connectivity index (χ1n) is 3.36. The number of nitrogens with zero attached hydrogens (tertiary/aromatic N) is 2. The third-order valence-electron chi connectivity index (χ3n) is 1.11. The number of hydrogen-bond acceptors (Lipinski definition) is 4. The van der Waals surface area contributed by atoms with Crippen molar-refractivity contribution in [2.75, 3.05) is 13.9 Å². The van der Waals surface area contributed by atoms with Gasteiger partial charge in [0.15, 0.2) is 5.82 Å². The van der Waals surface area contributed by atoms with E-state index >= 15 is 0 Å². The topological polar surface area (TPSA) is 44.2 Å². The maximum Gasteiger partial charge on any atom is 0.154 e. The molecule has 0 radical (unpaired) electrons. The summed E-state index contributed by atoms with van der Waals surface area (Å²) in [7, 11) is 1.57. The Morgan fingerprint density at radius 3 is 2.67 bits per heavy atom. The minimum Gasteiger partial charge on any atom is -0.359 e. The zero-order valence-electron chi connectivity index (χ0n) is 6.66. The van der Waals surface area contributed by atoms with Gasteiger partial charge in [0.25, 0.3) is 0 Å². The van der Waals surface area contributed by atoms with Gasteiger partial charge in [0.2, 0.25) is 0 Å². The molecular weight excluding hydrogens is 224 g/mol. The van der Waals surface area contributed by atoms with E-state index in [1.807, 2.05) is 0 Å². The van der Waals surface area contributed by atoms with Gasteiger partial charge in [-0.05, 0) is 15.9 Å². The third kappa shape index (κ3) is 3.25. The van der Waals surface area contributed by atoms with Crippen LogP contribution in [0.1, 0.15) is 5.82 Å². The fourth-order valence-corrected chi connectivity index (χ4v) is 0.835. The van der Waals surface area contributed by atoms with Crippen LogP contribution < -0.4 is 0 Å².